The minimum Gasteiger partial charge on any atom is -0.469 e. The standard InChI is InChI=1S/C13H12BrNO2/c1-9-12(6-7-17-9)13(16)15-8-10-2-4-11(14)5-3-10/h2-7H,8H2,1H3,(H,15,16). The maximum atomic E-state index is 11.8. The van der Waals surface area contributed by atoms with Crippen LogP contribution in [-0.2, 0) is 6.54 Å². The molecule has 88 valence electrons. The molecule has 0 saturated heterocycles. The van der Waals surface area contributed by atoms with Crippen molar-refractivity contribution in [2.24, 2.45) is 0 Å². The Morgan fingerprint density at radius 2 is 2.00 bits per heavy atom. The molecule has 0 atom stereocenters. The van der Waals surface area contributed by atoms with Gasteiger partial charge in [-0.15, -0.1) is 0 Å². The van der Waals surface area contributed by atoms with Gasteiger partial charge in [0.05, 0.1) is 11.8 Å². The molecule has 2 rings (SSSR count). The van der Waals surface area contributed by atoms with E-state index in [1.807, 2.05) is 24.3 Å². The van der Waals surface area contributed by atoms with Crippen molar-refractivity contribution in [2.75, 3.05) is 0 Å². The van der Waals surface area contributed by atoms with Gasteiger partial charge >= 0.3 is 0 Å². The van der Waals surface area contributed by atoms with Crippen molar-refractivity contribution in [1.82, 2.24) is 5.32 Å². The van der Waals surface area contributed by atoms with Crippen LogP contribution in [0.4, 0.5) is 0 Å². The fourth-order valence-electron chi connectivity index (χ4n) is 1.50. The van der Waals surface area contributed by atoms with Gasteiger partial charge in [-0.3, -0.25) is 4.79 Å². The van der Waals surface area contributed by atoms with Gasteiger partial charge in [0.1, 0.15) is 5.76 Å². The summed E-state index contributed by atoms with van der Waals surface area (Å²) in [5, 5.41) is 2.85. The molecule has 0 radical (unpaired) electrons. The first-order valence-electron chi connectivity index (χ1n) is 5.23. The average molecular weight is 294 g/mol. The Bertz CT molecular complexity index is 516. The first-order chi connectivity index (χ1) is 8.16. The summed E-state index contributed by atoms with van der Waals surface area (Å²) in [5.41, 5.74) is 1.64. The molecule has 1 amide bonds. The van der Waals surface area contributed by atoms with E-state index in [1.54, 1.807) is 13.0 Å². The number of aryl methyl sites for hydroxylation is 1. The molecule has 0 aliphatic carbocycles. The molecule has 0 saturated carbocycles. The van der Waals surface area contributed by atoms with E-state index < -0.39 is 0 Å². The third-order valence-corrected chi connectivity index (χ3v) is 3.00. The van der Waals surface area contributed by atoms with Crippen molar-refractivity contribution in [1.29, 1.82) is 0 Å². The molecule has 1 N–H and O–H groups in total. The van der Waals surface area contributed by atoms with E-state index in [1.165, 1.54) is 6.26 Å². The number of benzene rings is 1. The van der Waals surface area contributed by atoms with E-state index in [0.29, 0.717) is 17.9 Å². The summed E-state index contributed by atoms with van der Waals surface area (Å²) in [5.74, 6) is 0.525. The lowest BCUT2D eigenvalue weighted by Gasteiger charge is -2.04. The van der Waals surface area contributed by atoms with Crippen molar-refractivity contribution >= 4 is 21.8 Å². The topological polar surface area (TPSA) is 42.2 Å². The Labute approximate surface area is 108 Å². The van der Waals surface area contributed by atoms with Gasteiger partial charge in [-0.2, -0.15) is 0 Å². The molecule has 0 aliphatic heterocycles. The van der Waals surface area contributed by atoms with Gasteiger partial charge in [-0.1, -0.05) is 28.1 Å². The largest absolute Gasteiger partial charge is 0.469 e. The lowest BCUT2D eigenvalue weighted by Crippen LogP contribution is -2.22. The van der Waals surface area contributed by atoms with E-state index in [9.17, 15) is 4.79 Å². The molecular formula is C13H12BrNO2. The van der Waals surface area contributed by atoms with Crippen LogP contribution < -0.4 is 5.32 Å². The Hall–Kier alpha value is -1.55. The van der Waals surface area contributed by atoms with E-state index in [0.717, 1.165) is 10.0 Å². The predicted octanol–water partition coefficient (Wildman–Crippen LogP) is 3.28. The predicted molar refractivity (Wildman–Crippen MR) is 68.8 cm³/mol. The molecule has 1 aromatic carbocycles. The van der Waals surface area contributed by atoms with Crippen LogP contribution in [0, 0.1) is 6.92 Å². The molecule has 0 bridgehead atoms. The number of amides is 1. The second kappa shape index (κ2) is 5.19. The van der Waals surface area contributed by atoms with E-state index in [-0.39, 0.29) is 5.91 Å². The molecule has 3 nitrogen and oxygen atoms in total. The number of carbonyl (C=O) groups is 1. The number of hydrogen-bond acceptors (Lipinski definition) is 2. The van der Waals surface area contributed by atoms with E-state index in [4.69, 9.17) is 4.42 Å². The fraction of sp³-hybridized carbons (Fsp3) is 0.154. The highest BCUT2D eigenvalue weighted by Crippen LogP contribution is 2.11. The monoisotopic (exact) mass is 293 g/mol. The first kappa shape index (κ1) is 11.9. The molecule has 4 heteroatoms. The zero-order chi connectivity index (χ0) is 12.3. The molecule has 0 unspecified atom stereocenters. The van der Waals surface area contributed by atoms with Gasteiger partial charge < -0.3 is 9.73 Å². The third-order valence-electron chi connectivity index (χ3n) is 2.47. The summed E-state index contributed by atoms with van der Waals surface area (Å²) in [7, 11) is 0. The highest BCUT2D eigenvalue weighted by atomic mass is 79.9. The summed E-state index contributed by atoms with van der Waals surface area (Å²) >= 11 is 3.37. The first-order valence-corrected chi connectivity index (χ1v) is 6.03. The van der Waals surface area contributed by atoms with Gasteiger partial charge in [0, 0.05) is 11.0 Å². The summed E-state index contributed by atoms with van der Waals surface area (Å²) in [4.78, 5) is 11.8. The van der Waals surface area contributed by atoms with Crippen LogP contribution in [0.5, 0.6) is 0 Å². The third kappa shape index (κ3) is 2.97. The lowest BCUT2D eigenvalue weighted by atomic mass is 10.2. The average Bonchev–Trinajstić information content (AvgIpc) is 2.74. The molecule has 0 aliphatic rings. The zero-order valence-electron chi connectivity index (χ0n) is 9.37. The highest BCUT2D eigenvalue weighted by molar-refractivity contribution is 9.10. The molecule has 1 aromatic heterocycles. The molecule has 2 aromatic rings. The number of rotatable bonds is 3. The molecule has 0 spiro atoms. The minimum atomic E-state index is -0.112. The number of nitrogens with one attached hydrogen (secondary N) is 1. The smallest absolute Gasteiger partial charge is 0.255 e. The zero-order valence-corrected chi connectivity index (χ0v) is 11.0. The molecule has 17 heavy (non-hydrogen) atoms. The van der Waals surface area contributed by atoms with E-state index in [2.05, 4.69) is 21.2 Å². The molecule has 0 fully saturated rings. The number of furan rings is 1. The Morgan fingerprint density at radius 3 is 2.59 bits per heavy atom. The second-order valence-corrected chi connectivity index (χ2v) is 4.62. The maximum Gasteiger partial charge on any atom is 0.255 e. The van der Waals surface area contributed by atoms with Gasteiger partial charge in [0.2, 0.25) is 0 Å². The van der Waals surface area contributed by atoms with Crippen molar-refractivity contribution in [3.05, 3.63) is 58.0 Å². The summed E-state index contributed by atoms with van der Waals surface area (Å²) in [6.45, 7) is 2.28. The highest BCUT2D eigenvalue weighted by Gasteiger charge is 2.10. The Kier molecular flexibility index (Phi) is 3.64. The van der Waals surface area contributed by atoms with Crippen LogP contribution in [-0.4, -0.2) is 5.91 Å². The van der Waals surface area contributed by atoms with Crippen molar-refractivity contribution in [2.45, 2.75) is 13.5 Å². The fourth-order valence-corrected chi connectivity index (χ4v) is 1.76. The van der Waals surface area contributed by atoms with Gasteiger partial charge in [0.25, 0.3) is 5.91 Å². The molecular weight excluding hydrogens is 282 g/mol. The molecule has 1 heterocycles. The van der Waals surface area contributed by atoms with Crippen LogP contribution >= 0.6 is 15.9 Å². The Balaban J connectivity index is 1.97. The quantitative estimate of drug-likeness (QED) is 0.944. The van der Waals surface area contributed by atoms with Crippen LogP contribution in [0.3, 0.4) is 0 Å². The normalized spacial score (nSPS) is 10.2. The van der Waals surface area contributed by atoms with E-state index >= 15 is 0 Å². The summed E-state index contributed by atoms with van der Waals surface area (Å²) in [6, 6.07) is 9.50. The van der Waals surface area contributed by atoms with Crippen LogP contribution in [0.2, 0.25) is 0 Å². The van der Waals surface area contributed by atoms with Gasteiger partial charge in [-0.05, 0) is 30.7 Å². The minimum absolute atomic E-state index is 0.112. The Morgan fingerprint density at radius 1 is 1.29 bits per heavy atom. The number of carbonyl (C=O) groups excluding carboxylic acids is 1. The lowest BCUT2D eigenvalue weighted by molar-refractivity contribution is 0.0949. The van der Waals surface area contributed by atoms with Crippen molar-refractivity contribution < 1.29 is 9.21 Å². The van der Waals surface area contributed by atoms with Crippen molar-refractivity contribution in [3.63, 3.8) is 0 Å². The second-order valence-electron chi connectivity index (χ2n) is 3.70. The summed E-state index contributed by atoms with van der Waals surface area (Å²) in [6.07, 6.45) is 1.52. The summed E-state index contributed by atoms with van der Waals surface area (Å²) < 4.78 is 6.11. The van der Waals surface area contributed by atoms with Gasteiger partial charge in [-0.25, -0.2) is 0 Å². The van der Waals surface area contributed by atoms with Gasteiger partial charge in [0.15, 0.2) is 0 Å². The maximum absolute atomic E-state index is 11.8. The van der Waals surface area contributed by atoms with Crippen LogP contribution in [0.25, 0.3) is 0 Å². The van der Waals surface area contributed by atoms with Crippen molar-refractivity contribution in [3.8, 4) is 0 Å². The number of halogens is 1. The SMILES string of the molecule is Cc1occc1C(=O)NCc1ccc(Br)cc1. The van der Waals surface area contributed by atoms with Crippen LogP contribution in [0.1, 0.15) is 21.7 Å². The number of hydrogen-bond donors (Lipinski definition) is 1. The van der Waals surface area contributed by atoms with Crippen LogP contribution in [0.15, 0.2) is 45.5 Å².